The first-order chi connectivity index (χ1) is 56.5. The van der Waals surface area contributed by atoms with Gasteiger partial charge in [0.2, 0.25) is 0 Å². The van der Waals surface area contributed by atoms with E-state index in [1.807, 2.05) is 127 Å². The van der Waals surface area contributed by atoms with Gasteiger partial charge < -0.3 is 14.5 Å². The Hall–Kier alpha value is -15.4. The van der Waals surface area contributed by atoms with Crippen LogP contribution < -0.4 is 0 Å². The summed E-state index contributed by atoms with van der Waals surface area (Å²) < 4.78 is 2.20. The van der Waals surface area contributed by atoms with Crippen LogP contribution in [0.1, 0.15) is 161 Å². The van der Waals surface area contributed by atoms with Gasteiger partial charge in [-0.15, -0.1) is 25.7 Å². The average Bonchev–Trinajstić information content (AvgIpc) is 1.47. The Morgan fingerprint density at radius 3 is 1.24 bits per heavy atom. The second-order valence-corrected chi connectivity index (χ2v) is 29.5. The number of terminal acetylenes is 4. The molecule has 12 aromatic rings. The molecule has 0 bridgehead atoms. The summed E-state index contributed by atoms with van der Waals surface area (Å²) in [6.45, 7) is 10.1. The lowest BCUT2D eigenvalue weighted by molar-refractivity contribution is -0.508. The number of fused-ring (bicyclic) bond motifs is 13. The van der Waals surface area contributed by atoms with Crippen molar-refractivity contribution in [1.82, 2.24) is 4.90 Å². The molecule has 6 nitrogen and oxygen atoms in total. The van der Waals surface area contributed by atoms with Gasteiger partial charge in [-0.05, 0) is 252 Å². The van der Waals surface area contributed by atoms with Crippen LogP contribution >= 0.6 is 0 Å². The number of hydrogen-bond acceptors (Lipinski definition) is 5. The third-order valence-electron chi connectivity index (χ3n) is 22.6. The highest BCUT2D eigenvalue weighted by molar-refractivity contribution is 6.16. The Morgan fingerprint density at radius 2 is 0.810 bits per heavy atom. The molecule has 0 fully saturated rings. The zero-order valence-corrected chi connectivity index (χ0v) is 64.9. The standard InChI is InChI=1S/2C55H37NO2/c1-6-39-14-18-41(19-15-39)22-24-43-26-30-47-48-31-27-44(25-23-42-20-16-40(7-2)17-21-42)35-51(48)54(50(47)34-43)52(37(4)57)53(38(5)58)56-33-32-45-10-8-9-11-49(45)55(54,56)46-28-12-36(3)13-29-46;1-5-39-13-17-41(18-14-39)21-23-43-25-29-48-49-30-26-44(24-22-42-19-15-40(6-2)16-20-42)36-51(49)54(50(48)35-43)53(38(4)58)52(32-34-57)56-33-31-45-9-7-8-10-47(45)55(56)46-27-11-37(3)12-28-46/h1-2,8-21,26-31,34-35H,32-33H2,3-5H3;1-2,7-20,25-30,34-36H,31-33H2,3-4H3. The van der Waals surface area contributed by atoms with Crippen molar-refractivity contribution in [1.29, 1.82) is 0 Å². The molecular weight excluding hydrogens is 1410 g/mol. The molecule has 3 heterocycles. The summed E-state index contributed by atoms with van der Waals surface area (Å²) in [5.41, 5.74) is 27.0. The second-order valence-electron chi connectivity index (χ2n) is 29.5. The topological polar surface area (TPSA) is 74.5 Å². The number of Topliss-reactive ketones (excluding diaryl/α,β-unsaturated/α-hetero) is 3. The molecule has 12 aromatic carbocycles. The van der Waals surface area contributed by atoms with Gasteiger partial charge in [-0.25, -0.2) is 0 Å². The lowest BCUT2D eigenvalue weighted by atomic mass is 9.54. The SMILES string of the molecule is C#Cc1ccc(C#Cc2ccc3c(c2)C(=C(C(C)=O)[C-](CC=O)[N+]2=C(c4ccc(C)cc4)c4ccccc4CC2)c2cc(C#Cc4ccc(C#C)cc4)ccc2-3)cc1.C#Cc1ccc(C#Cc2ccc3c(c2)C2(C(C(C)=O)=C(C(C)=O)N4CCc5ccccc5C42c2ccc(C)cc2)c2cc(C#Cc4ccc(C#C)cc4)ccc2-3)cc1. The summed E-state index contributed by atoms with van der Waals surface area (Å²) in [6.07, 6.45) is 24.8. The van der Waals surface area contributed by atoms with Gasteiger partial charge in [0.1, 0.15) is 24.4 Å². The van der Waals surface area contributed by atoms with Crippen molar-refractivity contribution in [2.45, 2.75) is 64.8 Å². The van der Waals surface area contributed by atoms with E-state index < -0.39 is 11.0 Å². The van der Waals surface area contributed by atoms with Gasteiger partial charge in [0.25, 0.3) is 0 Å². The van der Waals surface area contributed by atoms with Gasteiger partial charge in [-0.1, -0.05) is 209 Å². The predicted molar refractivity (Wildman–Crippen MR) is 463 cm³/mol. The molecule has 0 amide bonds. The number of hydrogen-bond donors (Lipinski definition) is 0. The highest BCUT2D eigenvalue weighted by atomic mass is 16.1. The van der Waals surface area contributed by atoms with Crippen LogP contribution in [0.15, 0.2) is 284 Å². The molecule has 1 spiro atoms. The number of carbonyl (C=O) groups is 4. The minimum Gasteiger partial charge on any atom is -0.353 e. The maximum Gasteiger partial charge on any atom is 0.176 e. The lowest BCUT2D eigenvalue weighted by Gasteiger charge is -2.55. The fourth-order valence-electron chi connectivity index (χ4n) is 17.5. The zero-order chi connectivity index (χ0) is 80.4. The van der Waals surface area contributed by atoms with Crippen LogP contribution in [-0.4, -0.2) is 51.9 Å². The Labute approximate surface area is 679 Å². The molecule has 1 unspecified atom stereocenters. The molecule has 6 heteroatoms. The molecule has 0 aromatic heterocycles. The Balaban J connectivity index is 0.000000174. The molecule has 5 aliphatic rings. The summed E-state index contributed by atoms with van der Waals surface area (Å²) in [4.78, 5) is 58.6. The highest BCUT2D eigenvalue weighted by Crippen LogP contribution is 2.70. The van der Waals surface area contributed by atoms with Gasteiger partial charge in [-0.3, -0.25) is 14.2 Å². The number of aryl methyl sites for hydroxylation is 2. The summed E-state index contributed by atoms with van der Waals surface area (Å²) in [6, 6.07) is 90.0. The first kappa shape index (κ1) is 74.7. The van der Waals surface area contributed by atoms with E-state index in [2.05, 4.69) is 234 Å². The van der Waals surface area contributed by atoms with Crippen LogP contribution in [0.4, 0.5) is 0 Å². The van der Waals surface area contributed by atoms with E-state index in [0.717, 1.165) is 175 Å². The maximum atomic E-state index is 14.8. The van der Waals surface area contributed by atoms with Crippen LogP contribution in [0.25, 0.3) is 27.8 Å². The molecule has 2 aliphatic carbocycles. The summed E-state index contributed by atoms with van der Waals surface area (Å²) in [5, 5.41) is 0. The Morgan fingerprint density at radius 1 is 0.414 bits per heavy atom. The number of carbonyl (C=O) groups excluding carboxylic acids is 4. The molecule has 548 valence electrons. The van der Waals surface area contributed by atoms with Crippen LogP contribution in [0.2, 0.25) is 0 Å². The summed E-state index contributed by atoms with van der Waals surface area (Å²) in [5.74, 6) is 37.0. The molecule has 0 saturated carbocycles. The fourth-order valence-corrected chi connectivity index (χ4v) is 17.5. The van der Waals surface area contributed by atoms with Gasteiger partial charge in [-0.2, -0.15) is 0 Å². The number of aldehydes is 1. The normalized spacial score (nSPS) is 14.1. The predicted octanol–water partition coefficient (Wildman–Crippen LogP) is 18.6. The largest absolute Gasteiger partial charge is 0.353 e. The van der Waals surface area contributed by atoms with Crippen LogP contribution in [0, 0.1) is 117 Å². The fraction of sp³-hybridized carbons (Fsp3) is 0.109. The van der Waals surface area contributed by atoms with E-state index in [-0.39, 0.29) is 23.8 Å². The minimum atomic E-state index is -1.19. The molecule has 0 N–H and O–H groups in total. The second kappa shape index (κ2) is 31.4. The summed E-state index contributed by atoms with van der Waals surface area (Å²) >= 11 is 0. The van der Waals surface area contributed by atoms with Crippen molar-refractivity contribution in [3.05, 3.63) is 423 Å². The maximum absolute atomic E-state index is 14.8. The van der Waals surface area contributed by atoms with E-state index >= 15 is 0 Å². The van der Waals surface area contributed by atoms with Gasteiger partial charge in [0.05, 0.1) is 23.3 Å². The number of ketones is 3. The molecule has 116 heavy (non-hydrogen) atoms. The quantitative estimate of drug-likeness (QED) is 0.0473. The van der Waals surface area contributed by atoms with Crippen molar-refractivity contribution in [2.75, 3.05) is 13.1 Å². The average molecular weight is 1490 g/mol. The van der Waals surface area contributed by atoms with Gasteiger partial charge >= 0.3 is 0 Å². The van der Waals surface area contributed by atoms with Crippen molar-refractivity contribution < 1.29 is 23.8 Å². The van der Waals surface area contributed by atoms with E-state index in [1.54, 1.807) is 20.8 Å². The van der Waals surface area contributed by atoms with E-state index in [4.69, 9.17) is 25.7 Å². The Bertz CT molecular complexity index is 6470. The molecule has 0 saturated heterocycles. The molecule has 3 aliphatic heterocycles. The first-order valence-corrected chi connectivity index (χ1v) is 38.5. The molecule has 1 atom stereocenters. The van der Waals surface area contributed by atoms with Crippen LogP contribution in [0.3, 0.4) is 0 Å². The van der Waals surface area contributed by atoms with Gasteiger partial charge in [0, 0.05) is 103 Å². The van der Waals surface area contributed by atoms with Gasteiger partial charge in [0.15, 0.2) is 17.3 Å². The highest BCUT2D eigenvalue weighted by Gasteiger charge is 2.71. The van der Waals surface area contributed by atoms with E-state index in [1.165, 1.54) is 11.1 Å². The van der Waals surface area contributed by atoms with Crippen LogP contribution in [0.5, 0.6) is 0 Å². The smallest absolute Gasteiger partial charge is 0.176 e. The number of allylic oxidation sites excluding steroid dienone is 1. The third kappa shape index (κ3) is 13.4. The minimum absolute atomic E-state index is 0.0426. The lowest BCUT2D eigenvalue weighted by Crippen LogP contribution is -2.59. The molecule has 17 rings (SSSR count). The van der Waals surface area contributed by atoms with E-state index in [0.29, 0.717) is 36.0 Å². The first-order valence-electron chi connectivity index (χ1n) is 38.5. The Kier molecular flexibility index (Phi) is 20.2. The summed E-state index contributed by atoms with van der Waals surface area (Å²) in [7, 11) is 0. The molecule has 0 radical (unpaired) electrons. The van der Waals surface area contributed by atoms with Crippen molar-refractivity contribution in [3.63, 3.8) is 0 Å². The van der Waals surface area contributed by atoms with Crippen molar-refractivity contribution in [3.8, 4) is 119 Å². The number of nitrogens with zero attached hydrogens (tertiary/aromatic N) is 2. The third-order valence-corrected chi connectivity index (χ3v) is 22.6. The number of rotatable bonds is 9. The monoisotopic (exact) mass is 1490 g/mol. The zero-order valence-electron chi connectivity index (χ0n) is 64.9. The van der Waals surface area contributed by atoms with Crippen molar-refractivity contribution >= 4 is 34.9 Å². The van der Waals surface area contributed by atoms with Crippen molar-refractivity contribution in [2.24, 2.45) is 0 Å². The van der Waals surface area contributed by atoms with Crippen LogP contribution in [-0.2, 0) is 43.0 Å². The van der Waals surface area contributed by atoms with E-state index in [9.17, 15) is 19.2 Å². The number of benzene rings is 12. The molecular formula is C110H74N2O4.